The van der Waals surface area contributed by atoms with E-state index in [1.165, 1.54) is 0 Å². The number of aliphatic hydroxyl groups excluding tert-OH is 8. The van der Waals surface area contributed by atoms with E-state index in [0.717, 1.165) is 0 Å². The molecular weight excluding hydrogens is 320 g/mol. The van der Waals surface area contributed by atoms with Crippen molar-refractivity contribution in [3.63, 3.8) is 0 Å². The largest absolute Gasteiger partial charge is 0.394 e. The summed E-state index contributed by atoms with van der Waals surface area (Å²) in [5, 5.41) is 76.7. The lowest BCUT2D eigenvalue weighted by Crippen LogP contribution is -2.62. The maximum Gasteiger partial charge on any atom is 0.224 e. The average Bonchev–Trinajstić information content (AvgIpc) is 2.80. The Balaban J connectivity index is 2.18. The van der Waals surface area contributed by atoms with Gasteiger partial charge in [0.25, 0.3) is 0 Å². The molecule has 2 aliphatic rings. The highest BCUT2D eigenvalue weighted by molar-refractivity contribution is 4.98. The van der Waals surface area contributed by atoms with Gasteiger partial charge in [0.1, 0.15) is 49.3 Å². The van der Waals surface area contributed by atoms with Crippen molar-refractivity contribution in [1.29, 1.82) is 0 Å². The second kappa shape index (κ2) is 7.21. The fourth-order valence-corrected chi connectivity index (χ4v) is 2.63. The third kappa shape index (κ3) is 3.23. The highest BCUT2D eigenvalue weighted by Crippen LogP contribution is 2.35. The lowest BCUT2D eigenvalue weighted by molar-refractivity contribution is -0.383. The van der Waals surface area contributed by atoms with Gasteiger partial charge in [-0.2, -0.15) is 0 Å². The van der Waals surface area contributed by atoms with Crippen LogP contribution in [0.3, 0.4) is 0 Å². The lowest BCUT2D eigenvalue weighted by Gasteiger charge is -2.43. The van der Waals surface area contributed by atoms with Gasteiger partial charge in [0.2, 0.25) is 5.79 Å². The van der Waals surface area contributed by atoms with E-state index in [4.69, 9.17) is 24.4 Å². The second-order valence-electron chi connectivity index (χ2n) is 5.56. The third-order valence-corrected chi connectivity index (χ3v) is 4.07. The molecule has 4 unspecified atom stereocenters. The molecule has 2 heterocycles. The predicted octanol–water partition coefficient (Wildman–Crippen LogP) is -5.40. The van der Waals surface area contributed by atoms with Crippen LogP contribution in [0.2, 0.25) is 0 Å². The molecule has 23 heavy (non-hydrogen) atoms. The Morgan fingerprint density at radius 3 is 1.87 bits per heavy atom. The third-order valence-electron chi connectivity index (χ3n) is 4.07. The molecule has 11 nitrogen and oxygen atoms in total. The van der Waals surface area contributed by atoms with E-state index in [9.17, 15) is 30.6 Å². The summed E-state index contributed by atoms with van der Waals surface area (Å²) in [6.45, 7) is -2.32. The number of ether oxygens (including phenoxy) is 3. The topological polar surface area (TPSA) is 190 Å². The minimum Gasteiger partial charge on any atom is -0.394 e. The molecule has 0 aromatic carbocycles. The minimum absolute atomic E-state index is 0.669. The molecule has 2 fully saturated rings. The molecule has 0 aliphatic carbocycles. The van der Waals surface area contributed by atoms with Crippen molar-refractivity contribution < 1.29 is 55.1 Å². The monoisotopic (exact) mass is 342 g/mol. The SMILES string of the molecule is OCC1O[C@H](OC2(CO)O[C@H](CO)C(O)[C@H]2O)C(O)[C@H](O)[C@@H]1O. The summed E-state index contributed by atoms with van der Waals surface area (Å²) in [4.78, 5) is 0. The fourth-order valence-electron chi connectivity index (χ4n) is 2.63. The molecule has 0 aromatic heterocycles. The molecule has 9 atom stereocenters. The van der Waals surface area contributed by atoms with Gasteiger partial charge in [0.15, 0.2) is 6.29 Å². The van der Waals surface area contributed by atoms with Crippen LogP contribution in [0.1, 0.15) is 0 Å². The summed E-state index contributed by atoms with van der Waals surface area (Å²) in [6.07, 6.45) is -12.7. The summed E-state index contributed by atoms with van der Waals surface area (Å²) in [5.74, 6) is -2.22. The molecule has 136 valence electrons. The molecule has 2 saturated heterocycles. The van der Waals surface area contributed by atoms with Crippen molar-refractivity contribution in [2.24, 2.45) is 0 Å². The van der Waals surface area contributed by atoms with E-state index in [1.807, 2.05) is 0 Å². The number of hydrogen-bond acceptors (Lipinski definition) is 11. The van der Waals surface area contributed by atoms with Crippen molar-refractivity contribution >= 4 is 0 Å². The Labute approximate surface area is 130 Å². The van der Waals surface area contributed by atoms with E-state index < -0.39 is 74.6 Å². The number of hydrogen-bond donors (Lipinski definition) is 8. The van der Waals surface area contributed by atoms with Gasteiger partial charge >= 0.3 is 0 Å². The van der Waals surface area contributed by atoms with Crippen LogP contribution in [-0.2, 0) is 14.2 Å². The van der Waals surface area contributed by atoms with Crippen molar-refractivity contribution in [2.75, 3.05) is 19.8 Å². The zero-order valence-corrected chi connectivity index (χ0v) is 12.0. The Bertz CT molecular complexity index is 393. The van der Waals surface area contributed by atoms with Gasteiger partial charge in [-0.1, -0.05) is 0 Å². The minimum atomic E-state index is -2.22. The average molecular weight is 342 g/mol. The zero-order chi connectivity index (χ0) is 17.4. The van der Waals surface area contributed by atoms with Gasteiger partial charge in [-0.3, -0.25) is 0 Å². The molecule has 8 N–H and O–H groups in total. The van der Waals surface area contributed by atoms with E-state index in [1.54, 1.807) is 0 Å². The molecule has 0 bridgehead atoms. The maximum absolute atomic E-state index is 10.00. The van der Waals surface area contributed by atoms with Gasteiger partial charge in [-0.25, -0.2) is 0 Å². The van der Waals surface area contributed by atoms with Crippen LogP contribution in [0, 0.1) is 0 Å². The molecule has 0 aromatic rings. The standard InChI is InChI=1S/C12H22O11/c13-1-4-6(16)8(18)9(19)11(21-4)23-12(3-15)10(20)7(17)5(2-14)22-12/h4-11,13-20H,1-3H2/t4?,5-,6-,7?,8-,9?,10-,11-,12?/m1/s1. The first kappa shape index (κ1) is 18.9. The summed E-state index contributed by atoms with van der Waals surface area (Å²) in [7, 11) is 0. The normalized spacial score (nSPS) is 51.1. The fraction of sp³-hybridized carbons (Fsp3) is 1.00. The summed E-state index contributed by atoms with van der Waals surface area (Å²) in [6, 6.07) is 0. The summed E-state index contributed by atoms with van der Waals surface area (Å²) >= 11 is 0. The number of rotatable bonds is 5. The first-order chi connectivity index (χ1) is 10.8. The first-order valence-electron chi connectivity index (χ1n) is 7.05. The smallest absolute Gasteiger partial charge is 0.224 e. The van der Waals surface area contributed by atoms with Crippen LogP contribution < -0.4 is 0 Å². The van der Waals surface area contributed by atoms with Crippen LogP contribution in [0.25, 0.3) is 0 Å². The number of aliphatic hydroxyl groups is 8. The molecule has 0 saturated carbocycles. The molecule has 0 amide bonds. The molecule has 0 radical (unpaired) electrons. The van der Waals surface area contributed by atoms with Crippen LogP contribution in [0.4, 0.5) is 0 Å². The van der Waals surface area contributed by atoms with E-state index in [0.29, 0.717) is 0 Å². The molecule has 0 spiro atoms. The predicted molar refractivity (Wildman–Crippen MR) is 68.6 cm³/mol. The van der Waals surface area contributed by atoms with Crippen LogP contribution in [-0.4, -0.2) is 115 Å². The van der Waals surface area contributed by atoms with Crippen LogP contribution in [0.5, 0.6) is 0 Å². The van der Waals surface area contributed by atoms with Gasteiger partial charge in [-0.15, -0.1) is 0 Å². The van der Waals surface area contributed by atoms with E-state index in [-0.39, 0.29) is 0 Å². The summed E-state index contributed by atoms with van der Waals surface area (Å²) < 4.78 is 15.4. The van der Waals surface area contributed by atoms with Crippen molar-refractivity contribution in [3.8, 4) is 0 Å². The van der Waals surface area contributed by atoms with E-state index >= 15 is 0 Å². The molecule has 11 heteroatoms. The van der Waals surface area contributed by atoms with Crippen molar-refractivity contribution in [1.82, 2.24) is 0 Å². The van der Waals surface area contributed by atoms with E-state index in [2.05, 4.69) is 0 Å². The lowest BCUT2D eigenvalue weighted by atomic mass is 9.99. The Morgan fingerprint density at radius 1 is 0.783 bits per heavy atom. The molecular formula is C12H22O11. The highest BCUT2D eigenvalue weighted by Gasteiger charge is 2.58. The first-order valence-corrected chi connectivity index (χ1v) is 7.05. The summed E-state index contributed by atoms with van der Waals surface area (Å²) in [5.41, 5.74) is 0. The second-order valence-corrected chi connectivity index (χ2v) is 5.56. The Morgan fingerprint density at radius 2 is 1.39 bits per heavy atom. The Hall–Kier alpha value is -0.440. The van der Waals surface area contributed by atoms with Crippen LogP contribution in [0.15, 0.2) is 0 Å². The van der Waals surface area contributed by atoms with Gasteiger partial charge in [0, 0.05) is 0 Å². The maximum atomic E-state index is 10.00. The highest BCUT2D eigenvalue weighted by atomic mass is 16.8. The zero-order valence-electron chi connectivity index (χ0n) is 12.0. The van der Waals surface area contributed by atoms with Crippen molar-refractivity contribution in [2.45, 2.75) is 54.8 Å². The van der Waals surface area contributed by atoms with Gasteiger partial charge in [-0.05, 0) is 0 Å². The molecule has 2 aliphatic heterocycles. The quantitative estimate of drug-likeness (QED) is 0.238. The van der Waals surface area contributed by atoms with Gasteiger partial charge in [0.05, 0.1) is 13.2 Å². The van der Waals surface area contributed by atoms with Crippen molar-refractivity contribution in [3.05, 3.63) is 0 Å². The van der Waals surface area contributed by atoms with Crippen LogP contribution >= 0.6 is 0 Å². The Kier molecular flexibility index (Phi) is 5.92. The molecule has 2 rings (SSSR count). The van der Waals surface area contributed by atoms with Gasteiger partial charge < -0.3 is 55.1 Å².